The summed E-state index contributed by atoms with van der Waals surface area (Å²) in [6, 6.07) is 1.94. The highest BCUT2D eigenvalue weighted by molar-refractivity contribution is 7.99. The van der Waals surface area contributed by atoms with Crippen molar-refractivity contribution < 1.29 is 0 Å². The van der Waals surface area contributed by atoms with Gasteiger partial charge in [0.25, 0.3) is 0 Å². The number of allylic oxidation sites excluding steroid dienone is 3. The monoisotopic (exact) mass is 357 g/mol. The van der Waals surface area contributed by atoms with Crippen LogP contribution in [0.2, 0.25) is 0 Å². The molecule has 0 amide bonds. The summed E-state index contributed by atoms with van der Waals surface area (Å²) in [5.74, 6) is 2.93. The highest BCUT2D eigenvalue weighted by Crippen LogP contribution is 2.43. The molecule has 0 radical (unpaired) electrons. The molecular formula is C19H27N5S. The van der Waals surface area contributed by atoms with Crippen LogP contribution in [0.5, 0.6) is 0 Å². The van der Waals surface area contributed by atoms with Crippen LogP contribution in [0.15, 0.2) is 35.0 Å². The summed E-state index contributed by atoms with van der Waals surface area (Å²) in [6.07, 6.45) is 5.17. The van der Waals surface area contributed by atoms with Crippen molar-refractivity contribution in [3.63, 3.8) is 0 Å². The van der Waals surface area contributed by atoms with E-state index in [9.17, 15) is 0 Å². The van der Waals surface area contributed by atoms with Crippen molar-refractivity contribution >= 4 is 23.2 Å². The van der Waals surface area contributed by atoms with Gasteiger partial charge in [-0.15, -0.1) is 11.8 Å². The Morgan fingerprint density at radius 3 is 2.80 bits per heavy atom. The Morgan fingerprint density at radius 2 is 2.20 bits per heavy atom. The Balaban J connectivity index is 2.11. The highest BCUT2D eigenvalue weighted by atomic mass is 32.2. The van der Waals surface area contributed by atoms with Crippen LogP contribution in [0.3, 0.4) is 0 Å². The van der Waals surface area contributed by atoms with Crippen molar-refractivity contribution in [1.82, 2.24) is 19.6 Å². The number of rotatable bonds is 5. The van der Waals surface area contributed by atoms with E-state index in [1.807, 2.05) is 19.3 Å². The SMILES string of the molecule is C=C(C)C1CCC(C)=C(c2c(SCC)nn(-c3ccn(C)n3)c2N)C1. The van der Waals surface area contributed by atoms with Crippen LogP contribution in [0.25, 0.3) is 11.4 Å². The lowest BCUT2D eigenvalue weighted by atomic mass is 9.79. The third kappa shape index (κ3) is 3.40. The molecule has 6 heteroatoms. The Bertz CT molecular complexity index is 827. The first-order chi connectivity index (χ1) is 11.9. The lowest BCUT2D eigenvalue weighted by molar-refractivity contribution is 0.550. The maximum absolute atomic E-state index is 6.57. The lowest BCUT2D eigenvalue weighted by Crippen LogP contribution is -2.11. The van der Waals surface area contributed by atoms with E-state index in [-0.39, 0.29) is 0 Å². The minimum absolute atomic E-state index is 0.524. The number of hydrogen-bond donors (Lipinski definition) is 1. The smallest absolute Gasteiger partial charge is 0.177 e. The third-order valence-corrected chi connectivity index (χ3v) is 5.77. The van der Waals surface area contributed by atoms with Gasteiger partial charge in [-0.25, -0.2) is 0 Å². The van der Waals surface area contributed by atoms with Gasteiger partial charge in [-0.1, -0.05) is 24.6 Å². The fraction of sp³-hybridized carbons (Fsp3) is 0.474. The van der Waals surface area contributed by atoms with Crippen LogP contribution in [0.4, 0.5) is 5.82 Å². The Hall–Kier alpha value is -1.95. The standard InChI is InChI=1S/C19H27N5S/c1-6-25-19-17(15-11-14(12(2)3)8-7-13(15)4)18(20)24(22-19)16-9-10-23(5)21-16/h9-10,14H,2,6-8,11,20H2,1,3-5H3. The highest BCUT2D eigenvalue weighted by Gasteiger charge is 2.27. The average Bonchev–Trinajstić information content (AvgIpc) is 3.12. The van der Waals surface area contributed by atoms with Gasteiger partial charge < -0.3 is 5.73 Å². The van der Waals surface area contributed by atoms with Gasteiger partial charge in [-0.05, 0) is 50.4 Å². The minimum atomic E-state index is 0.524. The number of aryl methyl sites for hydroxylation is 1. The van der Waals surface area contributed by atoms with Crippen molar-refractivity contribution in [2.75, 3.05) is 11.5 Å². The quantitative estimate of drug-likeness (QED) is 0.634. The van der Waals surface area contributed by atoms with Gasteiger partial charge in [0.1, 0.15) is 10.8 Å². The number of anilines is 1. The molecule has 3 rings (SSSR count). The van der Waals surface area contributed by atoms with E-state index in [0.717, 1.165) is 35.0 Å². The van der Waals surface area contributed by atoms with Crippen LogP contribution in [-0.2, 0) is 7.05 Å². The number of nitrogens with two attached hydrogens (primary N) is 1. The number of nitrogen functional groups attached to an aromatic ring is 1. The van der Waals surface area contributed by atoms with Gasteiger partial charge in [0.05, 0.1) is 5.56 Å². The molecular weight excluding hydrogens is 330 g/mol. The molecule has 1 atom stereocenters. The maximum atomic E-state index is 6.57. The van der Waals surface area contributed by atoms with E-state index in [0.29, 0.717) is 11.7 Å². The number of hydrogen-bond acceptors (Lipinski definition) is 4. The Kier molecular flexibility index (Phi) is 5.08. The van der Waals surface area contributed by atoms with Crippen molar-refractivity contribution in [1.29, 1.82) is 0 Å². The second-order valence-corrected chi connectivity index (χ2v) is 8.06. The first kappa shape index (κ1) is 17.9. The topological polar surface area (TPSA) is 61.7 Å². The molecule has 1 unspecified atom stereocenters. The molecule has 25 heavy (non-hydrogen) atoms. The molecule has 0 saturated carbocycles. The van der Waals surface area contributed by atoms with E-state index < -0.39 is 0 Å². The molecule has 0 aliphatic heterocycles. The molecule has 1 aliphatic rings. The Morgan fingerprint density at radius 1 is 1.44 bits per heavy atom. The minimum Gasteiger partial charge on any atom is -0.383 e. The van der Waals surface area contributed by atoms with Crippen molar-refractivity contribution in [2.24, 2.45) is 13.0 Å². The molecule has 5 nitrogen and oxygen atoms in total. The molecule has 2 aromatic rings. The third-order valence-electron chi connectivity index (χ3n) is 4.92. The number of thioether (sulfide) groups is 1. The summed E-state index contributed by atoms with van der Waals surface area (Å²) in [7, 11) is 1.90. The van der Waals surface area contributed by atoms with Crippen LogP contribution < -0.4 is 5.73 Å². The van der Waals surface area contributed by atoms with E-state index in [1.54, 1.807) is 21.1 Å². The van der Waals surface area contributed by atoms with Crippen LogP contribution in [-0.4, -0.2) is 25.3 Å². The van der Waals surface area contributed by atoms with Gasteiger partial charge in [-0.2, -0.15) is 14.9 Å². The summed E-state index contributed by atoms with van der Waals surface area (Å²) in [4.78, 5) is 0. The van der Waals surface area contributed by atoms with Gasteiger partial charge in [0, 0.05) is 19.3 Å². The first-order valence-electron chi connectivity index (χ1n) is 8.78. The van der Waals surface area contributed by atoms with Crippen LogP contribution in [0, 0.1) is 5.92 Å². The van der Waals surface area contributed by atoms with Gasteiger partial charge in [0.2, 0.25) is 0 Å². The van der Waals surface area contributed by atoms with Crippen molar-refractivity contribution in [3.8, 4) is 5.82 Å². The van der Waals surface area contributed by atoms with Gasteiger partial charge in [0.15, 0.2) is 5.82 Å². The summed E-state index contributed by atoms with van der Waals surface area (Å²) in [6.45, 7) is 10.7. The summed E-state index contributed by atoms with van der Waals surface area (Å²) >= 11 is 1.74. The molecule has 1 aliphatic carbocycles. The number of aromatic nitrogens is 4. The van der Waals surface area contributed by atoms with Gasteiger partial charge in [-0.3, -0.25) is 4.68 Å². The molecule has 0 spiro atoms. The molecule has 0 fully saturated rings. The van der Waals surface area contributed by atoms with Crippen LogP contribution >= 0.6 is 11.8 Å². The van der Waals surface area contributed by atoms with Gasteiger partial charge >= 0.3 is 0 Å². The zero-order valence-electron chi connectivity index (χ0n) is 15.5. The van der Waals surface area contributed by atoms with E-state index in [2.05, 4.69) is 32.4 Å². The normalized spacial score (nSPS) is 18.0. The average molecular weight is 358 g/mol. The zero-order valence-corrected chi connectivity index (χ0v) is 16.4. The lowest BCUT2D eigenvalue weighted by Gasteiger charge is -2.26. The predicted octanol–water partition coefficient (Wildman–Crippen LogP) is 4.45. The van der Waals surface area contributed by atoms with Crippen molar-refractivity contribution in [3.05, 3.63) is 35.6 Å². The van der Waals surface area contributed by atoms with E-state index in [1.165, 1.54) is 23.1 Å². The predicted molar refractivity (Wildman–Crippen MR) is 106 cm³/mol. The summed E-state index contributed by atoms with van der Waals surface area (Å²) in [5.41, 5.74) is 11.7. The maximum Gasteiger partial charge on any atom is 0.177 e. The molecule has 2 aromatic heterocycles. The zero-order chi connectivity index (χ0) is 18.1. The molecule has 0 aromatic carbocycles. The number of nitrogens with zero attached hydrogens (tertiary/aromatic N) is 4. The second-order valence-electron chi connectivity index (χ2n) is 6.80. The summed E-state index contributed by atoms with van der Waals surface area (Å²) in [5, 5.41) is 10.2. The molecule has 0 saturated heterocycles. The first-order valence-corrected chi connectivity index (χ1v) is 9.76. The Labute approximate surface area is 154 Å². The summed E-state index contributed by atoms with van der Waals surface area (Å²) < 4.78 is 3.54. The fourth-order valence-corrected chi connectivity index (χ4v) is 4.21. The van der Waals surface area contributed by atoms with E-state index >= 15 is 0 Å². The largest absolute Gasteiger partial charge is 0.383 e. The molecule has 2 heterocycles. The van der Waals surface area contributed by atoms with Crippen LogP contribution in [0.1, 0.15) is 45.6 Å². The molecule has 134 valence electrons. The van der Waals surface area contributed by atoms with E-state index in [4.69, 9.17) is 10.8 Å². The fourth-order valence-electron chi connectivity index (χ4n) is 3.42. The molecule has 0 bridgehead atoms. The molecule has 2 N–H and O–H groups in total. The second kappa shape index (κ2) is 7.12. The van der Waals surface area contributed by atoms with Crippen molar-refractivity contribution in [2.45, 2.75) is 45.1 Å².